The van der Waals surface area contributed by atoms with Crippen LogP contribution < -0.4 is 5.32 Å². The first kappa shape index (κ1) is 16.1. The molecule has 2 unspecified atom stereocenters. The predicted molar refractivity (Wildman–Crippen MR) is 74.6 cm³/mol. The van der Waals surface area contributed by atoms with Gasteiger partial charge in [-0.05, 0) is 12.7 Å². The molecular weight excluding hydrogens is 268 g/mol. The van der Waals surface area contributed by atoms with Gasteiger partial charge in [-0.15, -0.1) is 0 Å². The minimum atomic E-state index is -0.913. The average molecular weight is 290 g/mol. The van der Waals surface area contributed by atoms with Gasteiger partial charge in [0.25, 0.3) is 0 Å². The monoisotopic (exact) mass is 290 g/mol. The van der Waals surface area contributed by atoms with Crippen LogP contribution in [0.5, 0.6) is 0 Å². The van der Waals surface area contributed by atoms with Crippen molar-refractivity contribution in [1.82, 2.24) is 10.2 Å². The second kappa shape index (κ2) is 8.27. The van der Waals surface area contributed by atoms with Crippen molar-refractivity contribution in [2.45, 2.75) is 31.8 Å². The maximum absolute atomic E-state index is 12.2. The topological polar surface area (TPSA) is 78.9 Å². The summed E-state index contributed by atoms with van der Waals surface area (Å²) in [7, 11) is 0. The van der Waals surface area contributed by atoms with Crippen LogP contribution in [-0.4, -0.2) is 65.9 Å². The van der Waals surface area contributed by atoms with E-state index in [-0.39, 0.29) is 24.5 Å². The normalized spacial score (nSPS) is 20.9. The third-order valence-corrected chi connectivity index (χ3v) is 3.82. The van der Waals surface area contributed by atoms with E-state index in [1.165, 1.54) is 0 Å². The molecule has 6 nitrogen and oxygen atoms in total. The molecule has 0 aromatic carbocycles. The summed E-state index contributed by atoms with van der Waals surface area (Å²) in [4.78, 5) is 24.6. The van der Waals surface area contributed by atoms with Crippen molar-refractivity contribution in [3.05, 3.63) is 0 Å². The van der Waals surface area contributed by atoms with Crippen molar-refractivity contribution < 1.29 is 19.4 Å². The average Bonchev–Trinajstić information content (AvgIpc) is 2.38. The van der Waals surface area contributed by atoms with Crippen molar-refractivity contribution >= 4 is 23.8 Å². The first-order valence-electron chi connectivity index (χ1n) is 6.44. The maximum Gasteiger partial charge on any atom is 0.318 e. The molecule has 0 bridgehead atoms. The Labute approximate surface area is 117 Å². The summed E-state index contributed by atoms with van der Waals surface area (Å²) in [5.74, 6) is -0.0552. The van der Waals surface area contributed by atoms with Crippen molar-refractivity contribution in [3.8, 4) is 0 Å². The van der Waals surface area contributed by atoms with Crippen molar-refractivity contribution in [2.24, 2.45) is 0 Å². The van der Waals surface area contributed by atoms with Gasteiger partial charge >= 0.3 is 12.0 Å². The van der Waals surface area contributed by atoms with Crippen molar-refractivity contribution in [3.63, 3.8) is 0 Å². The molecular formula is C12H22N2O4S. The van der Waals surface area contributed by atoms with Crippen LogP contribution in [0.15, 0.2) is 0 Å². The van der Waals surface area contributed by atoms with E-state index in [0.29, 0.717) is 19.8 Å². The van der Waals surface area contributed by atoms with E-state index in [0.717, 1.165) is 12.2 Å². The van der Waals surface area contributed by atoms with Crippen LogP contribution in [0.4, 0.5) is 4.79 Å². The van der Waals surface area contributed by atoms with Crippen molar-refractivity contribution in [1.29, 1.82) is 0 Å². The summed E-state index contributed by atoms with van der Waals surface area (Å²) in [6.07, 6.45) is 2.78. The van der Waals surface area contributed by atoms with Gasteiger partial charge in [0.2, 0.25) is 0 Å². The van der Waals surface area contributed by atoms with E-state index in [1.807, 2.05) is 13.2 Å². The molecule has 1 aliphatic rings. The fraction of sp³-hybridized carbons (Fsp3) is 0.833. The molecule has 110 valence electrons. The standard InChI is InChI=1S/C12H22N2O4S/c1-3-9(8-19-2)13-12(17)14-4-5-18-7-10(14)6-11(15)16/h9-10H,3-8H2,1-2H3,(H,13,17)(H,15,16). The molecule has 0 saturated carbocycles. The molecule has 7 heteroatoms. The van der Waals surface area contributed by atoms with E-state index in [9.17, 15) is 9.59 Å². The van der Waals surface area contributed by atoms with E-state index in [1.54, 1.807) is 16.7 Å². The molecule has 1 rings (SSSR count). The highest BCUT2D eigenvalue weighted by Gasteiger charge is 2.29. The van der Waals surface area contributed by atoms with Crippen LogP contribution >= 0.6 is 11.8 Å². The minimum absolute atomic E-state index is 0.0766. The van der Waals surface area contributed by atoms with Gasteiger partial charge in [0, 0.05) is 18.3 Å². The van der Waals surface area contributed by atoms with Gasteiger partial charge in [-0.25, -0.2) is 4.79 Å². The van der Waals surface area contributed by atoms with E-state index in [4.69, 9.17) is 9.84 Å². The van der Waals surface area contributed by atoms with Crippen LogP contribution in [0.1, 0.15) is 19.8 Å². The number of carboxylic acids is 1. The van der Waals surface area contributed by atoms with Crippen LogP contribution in [0, 0.1) is 0 Å². The second-order valence-electron chi connectivity index (χ2n) is 4.53. The van der Waals surface area contributed by atoms with Gasteiger partial charge in [-0.1, -0.05) is 6.92 Å². The van der Waals surface area contributed by atoms with Gasteiger partial charge in [0.1, 0.15) is 0 Å². The number of carbonyl (C=O) groups is 2. The molecule has 0 radical (unpaired) electrons. The molecule has 1 fully saturated rings. The number of urea groups is 1. The Morgan fingerprint density at radius 3 is 2.89 bits per heavy atom. The lowest BCUT2D eigenvalue weighted by atomic mass is 10.1. The molecule has 0 aliphatic carbocycles. The van der Waals surface area contributed by atoms with Gasteiger partial charge < -0.3 is 20.1 Å². The number of rotatable bonds is 6. The lowest BCUT2D eigenvalue weighted by Gasteiger charge is -2.35. The Balaban J connectivity index is 2.58. The number of nitrogens with zero attached hydrogens (tertiary/aromatic N) is 1. The fourth-order valence-electron chi connectivity index (χ4n) is 2.01. The summed E-state index contributed by atoms with van der Waals surface area (Å²) in [6.45, 7) is 3.22. The largest absolute Gasteiger partial charge is 0.481 e. The molecule has 1 saturated heterocycles. The Hall–Kier alpha value is -0.950. The number of amides is 2. The second-order valence-corrected chi connectivity index (χ2v) is 5.44. The molecule has 1 aliphatic heterocycles. The summed E-state index contributed by atoms with van der Waals surface area (Å²) in [5, 5.41) is 11.8. The minimum Gasteiger partial charge on any atom is -0.481 e. The van der Waals surface area contributed by atoms with E-state index < -0.39 is 5.97 Å². The van der Waals surface area contributed by atoms with Gasteiger partial charge in [0.15, 0.2) is 0 Å². The zero-order valence-electron chi connectivity index (χ0n) is 11.4. The first-order valence-corrected chi connectivity index (χ1v) is 7.83. The summed E-state index contributed by atoms with van der Waals surface area (Å²) < 4.78 is 5.25. The molecule has 0 aromatic rings. The number of carbonyl (C=O) groups excluding carboxylic acids is 1. The number of thioether (sulfide) groups is 1. The number of hydrogen-bond donors (Lipinski definition) is 2. The highest BCUT2D eigenvalue weighted by molar-refractivity contribution is 7.98. The fourth-order valence-corrected chi connectivity index (χ4v) is 2.73. The molecule has 1 heterocycles. The number of ether oxygens (including phenoxy) is 1. The molecule has 0 aromatic heterocycles. The van der Waals surface area contributed by atoms with E-state index in [2.05, 4.69) is 5.32 Å². The van der Waals surface area contributed by atoms with Gasteiger partial charge in [0.05, 0.1) is 25.7 Å². The lowest BCUT2D eigenvalue weighted by molar-refractivity contribution is -0.139. The quantitative estimate of drug-likeness (QED) is 0.763. The SMILES string of the molecule is CCC(CSC)NC(=O)N1CCOCC1CC(=O)O. The summed E-state index contributed by atoms with van der Waals surface area (Å²) >= 11 is 1.68. The Kier molecular flexibility index (Phi) is 7.01. The Morgan fingerprint density at radius 1 is 1.58 bits per heavy atom. The van der Waals surface area contributed by atoms with Crippen LogP contribution in [0.25, 0.3) is 0 Å². The predicted octanol–water partition coefficient (Wildman–Crippen LogP) is 1.01. The Morgan fingerprint density at radius 2 is 2.32 bits per heavy atom. The number of aliphatic carboxylic acids is 1. The molecule has 2 atom stereocenters. The van der Waals surface area contributed by atoms with Crippen molar-refractivity contribution in [2.75, 3.05) is 31.8 Å². The van der Waals surface area contributed by atoms with E-state index >= 15 is 0 Å². The Bertz CT molecular complexity index is 314. The van der Waals surface area contributed by atoms with Crippen LogP contribution in [0.2, 0.25) is 0 Å². The number of nitrogens with one attached hydrogen (secondary N) is 1. The highest BCUT2D eigenvalue weighted by atomic mass is 32.2. The molecule has 2 amide bonds. The molecule has 19 heavy (non-hydrogen) atoms. The smallest absolute Gasteiger partial charge is 0.318 e. The third kappa shape index (κ3) is 5.28. The van der Waals surface area contributed by atoms with Gasteiger partial charge in [-0.3, -0.25) is 4.79 Å². The van der Waals surface area contributed by atoms with Crippen LogP contribution in [-0.2, 0) is 9.53 Å². The zero-order chi connectivity index (χ0) is 14.3. The summed E-state index contributed by atoms with van der Waals surface area (Å²) in [6, 6.07) is -0.440. The highest BCUT2D eigenvalue weighted by Crippen LogP contribution is 2.12. The number of hydrogen-bond acceptors (Lipinski definition) is 4. The zero-order valence-corrected chi connectivity index (χ0v) is 12.2. The lowest BCUT2D eigenvalue weighted by Crippen LogP contribution is -2.55. The number of morpholine rings is 1. The summed E-state index contributed by atoms with van der Waals surface area (Å²) in [5.41, 5.74) is 0. The maximum atomic E-state index is 12.2. The third-order valence-electron chi connectivity index (χ3n) is 3.09. The molecule has 2 N–H and O–H groups in total. The van der Waals surface area contributed by atoms with Crippen LogP contribution in [0.3, 0.4) is 0 Å². The van der Waals surface area contributed by atoms with Gasteiger partial charge in [-0.2, -0.15) is 11.8 Å². The first-order chi connectivity index (χ1) is 9.08. The molecule has 0 spiro atoms. The number of carboxylic acid groups (broad SMARTS) is 1.